The van der Waals surface area contributed by atoms with E-state index in [1.54, 1.807) is 0 Å². The number of para-hydroxylation sites is 1. The van der Waals surface area contributed by atoms with Crippen LogP contribution in [-0.2, 0) is 21.7 Å². The number of nitrogens with zero attached hydrogens (tertiary/aromatic N) is 5. The molecule has 11 aromatic rings. The Morgan fingerprint density at radius 1 is 0.292 bits per heavy atom. The summed E-state index contributed by atoms with van der Waals surface area (Å²) in [7, 11) is 0. The van der Waals surface area contributed by atoms with E-state index < -0.39 is 0 Å². The smallest absolute Gasteiger partial charge is 0.238 e. The van der Waals surface area contributed by atoms with Gasteiger partial charge in [-0.3, -0.25) is 4.57 Å². The second-order valence-corrected chi connectivity index (χ2v) is 23.9. The fourth-order valence-electron chi connectivity index (χ4n) is 10.3. The first-order valence-electron chi connectivity index (χ1n) is 25.5. The summed E-state index contributed by atoms with van der Waals surface area (Å²) in [5.74, 6) is 1.76. The van der Waals surface area contributed by atoms with Crippen molar-refractivity contribution in [3.05, 3.63) is 198 Å². The number of rotatable bonds is 6. The number of hydrogen-bond acceptors (Lipinski definition) is 3. The molecule has 0 saturated carbocycles. The number of fused-ring (bicyclic) bond motifs is 6. The summed E-state index contributed by atoms with van der Waals surface area (Å²) in [5.41, 5.74) is 16.7. The highest BCUT2D eigenvalue weighted by Gasteiger charge is 2.26. The highest BCUT2D eigenvalue weighted by Crippen LogP contribution is 2.42. The molecule has 0 spiro atoms. The zero-order valence-electron chi connectivity index (χ0n) is 44.0. The summed E-state index contributed by atoms with van der Waals surface area (Å²) in [6, 6.07) is 64.5. The third-order valence-electron chi connectivity index (χ3n) is 14.6. The Kier molecular flexibility index (Phi) is 11.0. The van der Waals surface area contributed by atoms with Gasteiger partial charge in [0.25, 0.3) is 0 Å². The molecule has 5 heteroatoms. The summed E-state index contributed by atoms with van der Waals surface area (Å²) in [4.78, 5) is 16.8. The third-order valence-corrected chi connectivity index (χ3v) is 14.6. The van der Waals surface area contributed by atoms with Crippen LogP contribution in [0.1, 0.15) is 105 Å². The van der Waals surface area contributed by atoms with Gasteiger partial charge in [0, 0.05) is 32.7 Å². The molecule has 0 aliphatic heterocycles. The van der Waals surface area contributed by atoms with Gasteiger partial charge in [0.1, 0.15) is 0 Å². The van der Waals surface area contributed by atoms with Crippen molar-refractivity contribution in [1.29, 1.82) is 0 Å². The van der Waals surface area contributed by atoms with E-state index in [0.29, 0.717) is 17.6 Å². The van der Waals surface area contributed by atoms with E-state index in [2.05, 4.69) is 268 Å². The molecule has 0 atom stereocenters. The van der Waals surface area contributed by atoms with Crippen molar-refractivity contribution < 1.29 is 0 Å². The van der Waals surface area contributed by atoms with Crippen LogP contribution in [0.15, 0.2) is 176 Å². The van der Waals surface area contributed by atoms with Gasteiger partial charge in [0.2, 0.25) is 5.95 Å². The zero-order valence-corrected chi connectivity index (χ0v) is 44.0. The summed E-state index contributed by atoms with van der Waals surface area (Å²) in [5, 5.41) is 4.82. The van der Waals surface area contributed by atoms with E-state index in [9.17, 15) is 0 Å². The average Bonchev–Trinajstić information content (AvgIpc) is 3.87. The van der Waals surface area contributed by atoms with Gasteiger partial charge in [-0.15, -0.1) is 0 Å². The Morgan fingerprint density at radius 2 is 0.639 bits per heavy atom. The molecule has 3 aromatic heterocycles. The Hall–Kier alpha value is -7.63. The molecule has 0 N–H and O–H groups in total. The fourth-order valence-corrected chi connectivity index (χ4v) is 10.3. The van der Waals surface area contributed by atoms with Crippen molar-refractivity contribution in [2.24, 2.45) is 0 Å². The first-order chi connectivity index (χ1) is 34.2. The van der Waals surface area contributed by atoms with E-state index in [1.165, 1.54) is 43.8 Å². The lowest BCUT2D eigenvalue weighted by molar-refractivity contribution is 0.590. The monoisotopic (exact) mass is 940 g/mol. The van der Waals surface area contributed by atoms with Crippen molar-refractivity contribution in [3.63, 3.8) is 0 Å². The molecule has 0 aliphatic carbocycles. The molecular weight excluding hydrogens is 875 g/mol. The second-order valence-electron chi connectivity index (χ2n) is 23.9. The minimum atomic E-state index is -0.0445. The molecule has 72 heavy (non-hydrogen) atoms. The van der Waals surface area contributed by atoms with Crippen LogP contribution >= 0.6 is 0 Å². The first kappa shape index (κ1) is 46.7. The Morgan fingerprint density at radius 3 is 1.04 bits per heavy atom. The Bertz CT molecular complexity index is 3680. The topological polar surface area (TPSA) is 48.5 Å². The molecule has 8 aromatic carbocycles. The maximum Gasteiger partial charge on any atom is 0.238 e. The molecule has 3 heterocycles. The predicted octanol–water partition coefficient (Wildman–Crippen LogP) is 17.9. The van der Waals surface area contributed by atoms with Crippen LogP contribution in [0.25, 0.3) is 100 Å². The normalized spacial score (nSPS) is 12.7. The van der Waals surface area contributed by atoms with Crippen LogP contribution in [0.4, 0.5) is 0 Å². The predicted molar refractivity (Wildman–Crippen MR) is 305 cm³/mol. The van der Waals surface area contributed by atoms with Crippen molar-refractivity contribution in [2.75, 3.05) is 0 Å². The van der Waals surface area contributed by atoms with Gasteiger partial charge in [-0.1, -0.05) is 180 Å². The fraction of sp³-hybridized carbons (Fsp3) is 0.239. The van der Waals surface area contributed by atoms with E-state index >= 15 is 0 Å². The van der Waals surface area contributed by atoms with E-state index in [4.69, 9.17) is 15.0 Å². The average molecular weight is 940 g/mol. The summed E-state index contributed by atoms with van der Waals surface area (Å²) >= 11 is 0. The van der Waals surface area contributed by atoms with Crippen molar-refractivity contribution >= 4 is 43.6 Å². The van der Waals surface area contributed by atoms with Gasteiger partial charge in [-0.25, -0.2) is 4.98 Å². The maximum atomic E-state index is 5.63. The van der Waals surface area contributed by atoms with Gasteiger partial charge in [0.15, 0.2) is 11.6 Å². The van der Waals surface area contributed by atoms with E-state index in [-0.39, 0.29) is 21.7 Å². The second kappa shape index (κ2) is 17.0. The molecule has 0 unspecified atom stereocenters. The molecule has 0 amide bonds. The van der Waals surface area contributed by atoms with Crippen LogP contribution < -0.4 is 0 Å². The summed E-state index contributed by atoms with van der Waals surface area (Å²) < 4.78 is 4.69. The van der Waals surface area contributed by atoms with Crippen molar-refractivity contribution in [1.82, 2.24) is 24.1 Å². The largest absolute Gasteiger partial charge is 0.309 e. The molecule has 0 aliphatic rings. The van der Waals surface area contributed by atoms with Gasteiger partial charge < -0.3 is 4.57 Å². The van der Waals surface area contributed by atoms with E-state index in [0.717, 1.165) is 61.1 Å². The van der Waals surface area contributed by atoms with Gasteiger partial charge in [0.05, 0.1) is 27.8 Å². The van der Waals surface area contributed by atoms with Crippen molar-refractivity contribution in [3.8, 4) is 56.7 Å². The maximum absolute atomic E-state index is 5.63. The van der Waals surface area contributed by atoms with Crippen molar-refractivity contribution in [2.45, 2.75) is 105 Å². The summed E-state index contributed by atoms with van der Waals surface area (Å²) in [6.45, 7) is 27.5. The quantitative estimate of drug-likeness (QED) is 0.167. The molecule has 0 radical (unpaired) electrons. The first-order valence-corrected chi connectivity index (χ1v) is 25.5. The Balaban J connectivity index is 1.23. The lowest BCUT2D eigenvalue weighted by atomic mass is 9.85. The standard InChI is InChI=1S/C67H65N5/c1-64(2,3)47-27-31-57-52(38-47)53-39-48(65(4,5)6)28-32-58(53)71(57)56-26-20-19-25-51(56)62-68-61(46-36-44(42-21-15-13-16-22-42)35-45(37-46)43-23-17-14-18-24-43)69-63(70-62)72-59-33-29-49(66(7,8)9)40-54(59)55-41-50(67(10,11)12)30-34-60(55)72/h13-41H,1-12H3. The lowest BCUT2D eigenvalue weighted by Gasteiger charge is -2.19. The lowest BCUT2D eigenvalue weighted by Crippen LogP contribution is -2.11. The molecular formula is C67H65N5. The summed E-state index contributed by atoms with van der Waals surface area (Å²) in [6.07, 6.45) is 0. The van der Waals surface area contributed by atoms with Crippen LogP contribution in [0.3, 0.4) is 0 Å². The van der Waals surface area contributed by atoms with E-state index in [1.807, 2.05) is 0 Å². The zero-order chi connectivity index (χ0) is 50.5. The molecule has 0 fully saturated rings. The van der Waals surface area contributed by atoms with Crippen LogP contribution in [0, 0.1) is 0 Å². The van der Waals surface area contributed by atoms with Gasteiger partial charge in [-0.2, -0.15) is 9.97 Å². The van der Waals surface area contributed by atoms with Crippen LogP contribution in [0.2, 0.25) is 0 Å². The third kappa shape index (κ3) is 8.39. The SMILES string of the molecule is CC(C)(C)c1ccc2c(c1)c1cc(C(C)(C)C)ccc1n2-c1nc(-c2cc(-c3ccccc3)cc(-c3ccccc3)c2)nc(-c2ccccc2-n2c3ccc(C(C)(C)C)cc3c3cc(C(C)(C)C)ccc32)n1. The van der Waals surface area contributed by atoms with Crippen LogP contribution in [0.5, 0.6) is 0 Å². The number of aromatic nitrogens is 5. The highest BCUT2D eigenvalue weighted by molar-refractivity contribution is 6.11. The Labute approximate surface area is 425 Å². The van der Waals surface area contributed by atoms with Gasteiger partial charge >= 0.3 is 0 Å². The molecule has 11 rings (SSSR count). The minimum absolute atomic E-state index is 0.0204. The van der Waals surface area contributed by atoms with Crippen LogP contribution in [-0.4, -0.2) is 24.1 Å². The van der Waals surface area contributed by atoms with Gasteiger partial charge in [-0.05, 0) is 145 Å². The number of benzene rings is 8. The molecule has 5 nitrogen and oxygen atoms in total. The molecule has 0 saturated heterocycles. The molecule has 358 valence electrons. The minimum Gasteiger partial charge on any atom is -0.309 e. The molecule has 0 bridgehead atoms. The number of hydrogen-bond donors (Lipinski definition) is 0. The highest BCUT2D eigenvalue weighted by atomic mass is 15.2.